The number of aromatic nitrogens is 1. The van der Waals surface area contributed by atoms with Gasteiger partial charge in [0.1, 0.15) is 0 Å². The zero-order valence-corrected chi connectivity index (χ0v) is 15.7. The first kappa shape index (κ1) is 18.4. The minimum atomic E-state index is 0.104. The second-order valence-corrected chi connectivity index (χ2v) is 8.10. The van der Waals surface area contributed by atoms with E-state index in [4.69, 9.17) is 4.98 Å². The van der Waals surface area contributed by atoms with Gasteiger partial charge in [0.2, 0.25) is 0 Å². The van der Waals surface area contributed by atoms with E-state index in [0.717, 1.165) is 19.6 Å². The third kappa shape index (κ3) is 5.59. The van der Waals surface area contributed by atoms with Gasteiger partial charge in [-0.3, -0.25) is 0 Å². The van der Waals surface area contributed by atoms with Crippen molar-refractivity contribution in [2.24, 2.45) is 0 Å². The molecule has 4 heteroatoms. The van der Waals surface area contributed by atoms with Crippen molar-refractivity contribution in [3.05, 3.63) is 10.6 Å². The second kappa shape index (κ2) is 8.14. The quantitative estimate of drug-likeness (QED) is 0.762. The number of anilines is 1. The molecule has 0 aromatic carbocycles. The van der Waals surface area contributed by atoms with Gasteiger partial charge in [0.15, 0.2) is 5.13 Å². The molecule has 0 fully saturated rings. The summed E-state index contributed by atoms with van der Waals surface area (Å²) in [4.78, 5) is 8.84. The Labute approximate surface area is 135 Å². The van der Waals surface area contributed by atoms with E-state index in [2.05, 4.69) is 58.7 Å². The summed E-state index contributed by atoms with van der Waals surface area (Å²) in [5.41, 5.74) is 1.36. The summed E-state index contributed by atoms with van der Waals surface area (Å²) in [5, 5.41) is 4.74. The maximum Gasteiger partial charge on any atom is 0.185 e. The van der Waals surface area contributed by atoms with E-state index in [1.54, 1.807) is 0 Å². The van der Waals surface area contributed by atoms with Gasteiger partial charge in [0.25, 0.3) is 0 Å². The molecule has 0 aliphatic carbocycles. The standard InChI is InChI=1S/C17H33N3S/c1-8-10-20(11-9-2)16-19-15(17(5,6)7)14(21-16)12-18-13(3)4/h13,18H,8-12H2,1-7H3. The van der Waals surface area contributed by atoms with Crippen molar-refractivity contribution in [2.75, 3.05) is 18.0 Å². The van der Waals surface area contributed by atoms with E-state index in [1.165, 1.54) is 28.5 Å². The Balaban J connectivity index is 3.05. The van der Waals surface area contributed by atoms with Crippen molar-refractivity contribution < 1.29 is 0 Å². The Morgan fingerprint density at radius 2 is 1.71 bits per heavy atom. The molecule has 0 spiro atoms. The largest absolute Gasteiger partial charge is 0.348 e. The highest BCUT2D eigenvalue weighted by molar-refractivity contribution is 7.15. The number of nitrogens with zero attached hydrogens (tertiary/aromatic N) is 2. The first-order chi connectivity index (χ1) is 9.79. The molecule has 1 aromatic rings. The maximum absolute atomic E-state index is 5.00. The molecule has 1 aromatic heterocycles. The molecular formula is C17H33N3S. The van der Waals surface area contributed by atoms with Crippen molar-refractivity contribution >= 4 is 16.5 Å². The van der Waals surface area contributed by atoms with Gasteiger partial charge in [0, 0.05) is 36.0 Å². The van der Waals surface area contributed by atoms with E-state index >= 15 is 0 Å². The molecular weight excluding hydrogens is 278 g/mol. The zero-order chi connectivity index (χ0) is 16.0. The summed E-state index contributed by atoms with van der Waals surface area (Å²) in [6, 6.07) is 0.505. The highest BCUT2D eigenvalue weighted by Gasteiger charge is 2.24. The van der Waals surface area contributed by atoms with Gasteiger partial charge >= 0.3 is 0 Å². The lowest BCUT2D eigenvalue weighted by atomic mass is 9.91. The summed E-state index contributed by atoms with van der Waals surface area (Å²) in [7, 11) is 0. The smallest absolute Gasteiger partial charge is 0.185 e. The Morgan fingerprint density at radius 1 is 1.14 bits per heavy atom. The maximum atomic E-state index is 5.00. The average Bonchev–Trinajstić information content (AvgIpc) is 2.80. The van der Waals surface area contributed by atoms with Crippen LogP contribution in [0.3, 0.4) is 0 Å². The molecule has 0 saturated heterocycles. The monoisotopic (exact) mass is 311 g/mol. The molecule has 21 heavy (non-hydrogen) atoms. The molecule has 0 atom stereocenters. The summed E-state index contributed by atoms with van der Waals surface area (Å²) in [6.07, 6.45) is 2.34. The molecule has 0 unspecified atom stereocenters. The molecule has 0 aliphatic heterocycles. The van der Waals surface area contributed by atoms with Gasteiger partial charge in [-0.05, 0) is 12.8 Å². The van der Waals surface area contributed by atoms with Crippen LogP contribution in [0.2, 0.25) is 0 Å². The third-order valence-electron chi connectivity index (χ3n) is 3.32. The second-order valence-electron chi connectivity index (χ2n) is 7.04. The predicted octanol–water partition coefficient (Wildman–Crippen LogP) is 4.57. The molecule has 0 radical (unpaired) electrons. The van der Waals surface area contributed by atoms with Crippen molar-refractivity contribution in [2.45, 2.75) is 79.3 Å². The molecule has 0 aliphatic rings. The minimum absolute atomic E-state index is 0.104. The van der Waals surface area contributed by atoms with Crippen LogP contribution < -0.4 is 10.2 Å². The minimum Gasteiger partial charge on any atom is -0.348 e. The van der Waals surface area contributed by atoms with Crippen LogP contribution in [0.15, 0.2) is 0 Å². The summed E-state index contributed by atoms with van der Waals surface area (Å²) >= 11 is 1.87. The van der Waals surface area contributed by atoms with Crippen molar-refractivity contribution in [1.82, 2.24) is 10.3 Å². The summed E-state index contributed by atoms with van der Waals surface area (Å²) in [6.45, 7) is 18.8. The molecule has 1 heterocycles. The van der Waals surface area contributed by atoms with Crippen molar-refractivity contribution in [3.8, 4) is 0 Å². The highest BCUT2D eigenvalue weighted by atomic mass is 32.1. The van der Waals surface area contributed by atoms with E-state index in [0.29, 0.717) is 6.04 Å². The predicted molar refractivity (Wildman–Crippen MR) is 95.6 cm³/mol. The Kier molecular flexibility index (Phi) is 7.14. The number of rotatable bonds is 8. The SMILES string of the molecule is CCCN(CCC)c1nc(C(C)(C)C)c(CNC(C)C)s1. The first-order valence-electron chi connectivity index (χ1n) is 8.28. The van der Waals surface area contributed by atoms with Gasteiger partial charge in [-0.2, -0.15) is 0 Å². The van der Waals surface area contributed by atoms with Gasteiger partial charge < -0.3 is 10.2 Å². The third-order valence-corrected chi connectivity index (χ3v) is 4.44. The van der Waals surface area contributed by atoms with Crippen molar-refractivity contribution in [1.29, 1.82) is 0 Å². The molecule has 3 nitrogen and oxygen atoms in total. The summed E-state index contributed by atoms with van der Waals surface area (Å²) in [5.74, 6) is 0. The van der Waals surface area contributed by atoms with Crippen molar-refractivity contribution in [3.63, 3.8) is 0 Å². The van der Waals surface area contributed by atoms with Crippen LogP contribution in [-0.4, -0.2) is 24.1 Å². The lowest BCUT2D eigenvalue weighted by molar-refractivity contribution is 0.545. The van der Waals surface area contributed by atoms with Crippen LogP contribution in [0.4, 0.5) is 5.13 Å². The molecule has 0 saturated carbocycles. The molecule has 1 rings (SSSR count). The fraction of sp³-hybridized carbons (Fsp3) is 0.824. The van der Waals surface area contributed by atoms with Gasteiger partial charge in [0.05, 0.1) is 5.69 Å². The zero-order valence-electron chi connectivity index (χ0n) is 14.9. The van der Waals surface area contributed by atoms with E-state index in [-0.39, 0.29) is 5.41 Å². The molecule has 0 bridgehead atoms. The van der Waals surface area contributed by atoms with Crippen LogP contribution in [0, 0.1) is 0 Å². The number of hydrogen-bond acceptors (Lipinski definition) is 4. The van der Waals surface area contributed by atoms with E-state index in [9.17, 15) is 0 Å². The van der Waals surface area contributed by atoms with Crippen LogP contribution in [-0.2, 0) is 12.0 Å². The Hall–Kier alpha value is -0.610. The van der Waals surface area contributed by atoms with Gasteiger partial charge in [-0.15, -0.1) is 11.3 Å². The van der Waals surface area contributed by atoms with Crippen LogP contribution >= 0.6 is 11.3 Å². The number of hydrogen-bond donors (Lipinski definition) is 1. The molecule has 122 valence electrons. The fourth-order valence-corrected chi connectivity index (χ4v) is 3.59. The average molecular weight is 312 g/mol. The van der Waals surface area contributed by atoms with Gasteiger partial charge in [-0.25, -0.2) is 4.98 Å². The van der Waals surface area contributed by atoms with Crippen LogP contribution in [0.25, 0.3) is 0 Å². The Bertz CT molecular complexity index is 412. The molecule has 0 amide bonds. The summed E-state index contributed by atoms with van der Waals surface area (Å²) < 4.78 is 0. The topological polar surface area (TPSA) is 28.2 Å². The normalized spacial score (nSPS) is 12.2. The lowest BCUT2D eigenvalue weighted by Crippen LogP contribution is -2.25. The van der Waals surface area contributed by atoms with Crippen LogP contribution in [0.5, 0.6) is 0 Å². The van der Waals surface area contributed by atoms with E-state index < -0.39 is 0 Å². The van der Waals surface area contributed by atoms with E-state index in [1.807, 2.05) is 11.3 Å². The first-order valence-corrected chi connectivity index (χ1v) is 9.09. The molecule has 1 N–H and O–H groups in total. The fourth-order valence-electron chi connectivity index (χ4n) is 2.32. The highest BCUT2D eigenvalue weighted by Crippen LogP contribution is 2.34. The Morgan fingerprint density at radius 3 is 2.14 bits per heavy atom. The van der Waals surface area contributed by atoms with Crippen LogP contribution in [0.1, 0.15) is 71.9 Å². The number of nitrogens with one attached hydrogen (secondary N) is 1. The number of thiazole rings is 1. The van der Waals surface area contributed by atoms with Gasteiger partial charge in [-0.1, -0.05) is 48.5 Å². The lowest BCUT2D eigenvalue weighted by Gasteiger charge is -2.21.